The van der Waals surface area contributed by atoms with Gasteiger partial charge in [-0.25, -0.2) is 19.2 Å². The van der Waals surface area contributed by atoms with E-state index in [4.69, 9.17) is 61.3 Å². The van der Waals surface area contributed by atoms with Gasteiger partial charge in [0.1, 0.15) is 0 Å². The number of aromatic hydroxyl groups is 12. The summed E-state index contributed by atoms with van der Waals surface area (Å²) in [6.45, 7) is 6.55. The van der Waals surface area contributed by atoms with Crippen LogP contribution in [-0.2, 0) is 45.5 Å². The monoisotopic (exact) mass is 984 g/mol. The maximum absolute atomic E-state index is 10.7. The second-order valence-electron chi connectivity index (χ2n) is 11.1. The first kappa shape index (κ1) is 50.0. The third-order valence-corrected chi connectivity index (χ3v) is 7.77. The van der Waals surface area contributed by atoms with Crippen LogP contribution in [0.3, 0.4) is 0 Å². The van der Waals surface area contributed by atoms with Crippen molar-refractivity contribution < 1.29 is 121 Å². The van der Waals surface area contributed by atoms with E-state index in [2.05, 4.69) is 0 Å². The van der Waals surface area contributed by atoms with E-state index in [0.717, 1.165) is 24.3 Å². The number of carboxylic acid groups (broad SMARTS) is 4. The number of hydrogen-bond acceptors (Lipinski definition) is 16. The number of phenols is 12. The number of hydrogen-bond donors (Lipinski definition) is 16. The molecule has 0 aromatic heterocycles. The van der Waals surface area contributed by atoms with Gasteiger partial charge in [-0.05, 0) is 49.9 Å². The Morgan fingerprint density at radius 2 is 0.474 bits per heavy atom. The quantitative estimate of drug-likeness (QED) is 0.110. The van der Waals surface area contributed by atoms with Crippen LogP contribution in [-0.4, -0.2) is 106 Å². The Morgan fingerprint density at radius 3 is 0.579 bits per heavy atom. The van der Waals surface area contributed by atoms with Crippen LogP contribution in [0.5, 0.6) is 69.0 Å². The van der Waals surface area contributed by atoms with Crippen molar-refractivity contribution >= 4 is 23.9 Å². The summed E-state index contributed by atoms with van der Waals surface area (Å²) in [4.78, 5) is 42.8. The van der Waals surface area contributed by atoms with E-state index in [1.54, 1.807) is 27.7 Å². The zero-order chi connectivity index (χ0) is 43.5. The second kappa shape index (κ2) is 21.2. The molecule has 16 N–H and O–H groups in total. The molecule has 0 unspecified atom stereocenters. The minimum absolute atomic E-state index is 0. The largest absolute Gasteiger partial charge is 0.504 e. The summed E-state index contributed by atoms with van der Waals surface area (Å²) in [6, 6.07) is 3.65. The van der Waals surface area contributed by atoms with E-state index in [9.17, 15) is 39.6 Å². The van der Waals surface area contributed by atoms with Crippen LogP contribution in [0.4, 0.5) is 0 Å². The number of rotatable bonds is 8. The van der Waals surface area contributed by atoms with Crippen molar-refractivity contribution in [3.05, 3.63) is 68.8 Å². The van der Waals surface area contributed by atoms with Crippen LogP contribution in [0, 0.1) is 0 Å². The van der Waals surface area contributed by atoms with E-state index in [-0.39, 0.29) is 90.0 Å². The molecule has 0 aliphatic heterocycles. The molecule has 0 spiro atoms. The molecule has 0 saturated carbocycles. The Kier molecular flexibility index (Phi) is 18.6. The Morgan fingerprint density at radius 1 is 0.333 bits per heavy atom. The summed E-state index contributed by atoms with van der Waals surface area (Å²) in [5, 5.41) is 145. The van der Waals surface area contributed by atoms with Crippen LogP contribution in [0.25, 0.3) is 0 Å². The molecule has 0 radical (unpaired) electrons. The number of phenolic OH excluding ortho intramolecular Hbond substituents is 12. The fraction of sp³-hybridized carbons (Fsp3) is 0.222. The molecule has 0 heterocycles. The van der Waals surface area contributed by atoms with E-state index < -0.39 is 92.9 Å². The Labute approximate surface area is 335 Å². The Balaban J connectivity index is 0.000000729. The van der Waals surface area contributed by atoms with Gasteiger partial charge in [0, 0.05) is 42.0 Å². The molecule has 0 atom stereocenters. The zero-order valence-corrected chi connectivity index (χ0v) is 32.8. The molecule has 4 aromatic carbocycles. The average molecular weight is 983 g/mol. The molecule has 0 amide bonds. The van der Waals surface area contributed by atoms with Gasteiger partial charge >= 0.3 is 23.9 Å². The minimum atomic E-state index is -1.26. The summed E-state index contributed by atoms with van der Waals surface area (Å²) in [5.74, 6) is -12.7. The van der Waals surface area contributed by atoms with Crippen LogP contribution < -0.4 is 0 Å². The predicted molar refractivity (Wildman–Crippen MR) is 191 cm³/mol. The van der Waals surface area contributed by atoms with E-state index >= 15 is 0 Å². The summed E-state index contributed by atoms with van der Waals surface area (Å²) in [6.07, 6.45) is 1.01. The van der Waals surface area contributed by atoms with Gasteiger partial charge in [0.2, 0.25) is 23.0 Å². The van der Waals surface area contributed by atoms with Crippen LogP contribution in [0.1, 0.15) is 91.4 Å². The van der Waals surface area contributed by atoms with Gasteiger partial charge < -0.3 is 81.7 Å². The molecule has 0 bridgehead atoms. The van der Waals surface area contributed by atoms with Crippen LogP contribution in [0.15, 0.2) is 24.3 Å². The first-order valence-electron chi connectivity index (χ1n) is 15.9. The van der Waals surface area contributed by atoms with Gasteiger partial charge in [0.15, 0.2) is 46.0 Å². The maximum atomic E-state index is 10.7. The molecule has 4 rings (SSSR count). The van der Waals surface area contributed by atoms with E-state index in [0.29, 0.717) is 0 Å². The molecule has 57 heavy (non-hydrogen) atoms. The van der Waals surface area contributed by atoms with Crippen LogP contribution in [0.2, 0.25) is 0 Å². The average Bonchev–Trinajstić information content (AvgIpc) is 3.14. The fourth-order valence-electron chi connectivity index (χ4n) is 4.93. The van der Waals surface area contributed by atoms with Gasteiger partial charge in [0.05, 0.1) is 22.3 Å². The number of carboxylic acids is 4. The normalized spacial score (nSPS) is 9.89. The topological polar surface area (TPSA) is 392 Å². The molecule has 20 nitrogen and oxygen atoms in total. The first-order chi connectivity index (χ1) is 25.9. The molecular formula is C36H40O20Os. The molecular weight excluding hydrogens is 943 g/mol. The summed E-state index contributed by atoms with van der Waals surface area (Å²) < 4.78 is 0. The molecule has 4 aromatic rings. The maximum Gasteiger partial charge on any atom is 0.336 e. The SMILES string of the molecule is CCc1c(C(=O)O)cc(O)c(O)c1O.CCc1c(C(=O)O)cc(O)c(O)c1O.CCc1c(C(=O)O)cc(O)c(O)c1O.CCc1c(C(=O)O)cc(O)c(O)c1O.[Os]. The third kappa shape index (κ3) is 11.5. The minimum Gasteiger partial charge on any atom is -0.504 e. The summed E-state index contributed by atoms with van der Waals surface area (Å²) in [5.41, 5.74) is -0.414. The first-order valence-corrected chi connectivity index (χ1v) is 15.9. The summed E-state index contributed by atoms with van der Waals surface area (Å²) >= 11 is 0. The zero-order valence-electron chi connectivity index (χ0n) is 30.3. The van der Waals surface area contributed by atoms with Gasteiger partial charge in [-0.15, -0.1) is 0 Å². The Bertz CT molecular complexity index is 1840. The Hall–Kier alpha value is -7.00. The fourth-order valence-corrected chi connectivity index (χ4v) is 4.93. The van der Waals surface area contributed by atoms with Gasteiger partial charge in [-0.1, -0.05) is 27.7 Å². The molecule has 0 saturated heterocycles. The van der Waals surface area contributed by atoms with Gasteiger partial charge in [0.25, 0.3) is 0 Å². The van der Waals surface area contributed by atoms with E-state index in [1.807, 2.05) is 0 Å². The number of carbonyl (C=O) groups is 4. The van der Waals surface area contributed by atoms with Crippen LogP contribution >= 0.6 is 0 Å². The standard InChI is InChI=1S/4C9H10O5.Os/c4*1-2-4-5(9(13)14)3-6(10)8(12)7(4)11;/h4*3,10-12H,2H2,1H3,(H,13,14);. The van der Waals surface area contributed by atoms with Crippen molar-refractivity contribution in [3.63, 3.8) is 0 Å². The second-order valence-corrected chi connectivity index (χ2v) is 11.1. The van der Waals surface area contributed by atoms with Crippen molar-refractivity contribution in [1.29, 1.82) is 0 Å². The molecule has 0 fully saturated rings. The predicted octanol–water partition coefficient (Wildman–Crippen LogP) is 4.25. The van der Waals surface area contributed by atoms with Crippen molar-refractivity contribution in [2.24, 2.45) is 0 Å². The third-order valence-electron chi connectivity index (χ3n) is 7.77. The molecule has 21 heteroatoms. The molecule has 0 aliphatic rings. The summed E-state index contributed by atoms with van der Waals surface area (Å²) in [7, 11) is 0. The number of aromatic carboxylic acids is 4. The van der Waals surface area contributed by atoms with Crippen molar-refractivity contribution in [2.75, 3.05) is 0 Å². The molecule has 0 aliphatic carbocycles. The van der Waals surface area contributed by atoms with Gasteiger partial charge in [-0.2, -0.15) is 0 Å². The van der Waals surface area contributed by atoms with Gasteiger partial charge in [-0.3, -0.25) is 0 Å². The van der Waals surface area contributed by atoms with E-state index in [1.165, 1.54) is 0 Å². The molecule has 312 valence electrons. The van der Waals surface area contributed by atoms with Crippen molar-refractivity contribution in [2.45, 2.75) is 53.4 Å². The smallest absolute Gasteiger partial charge is 0.336 e. The van der Waals surface area contributed by atoms with Crippen molar-refractivity contribution in [3.8, 4) is 69.0 Å². The van der Waals surface area contributed by atoms with Crippen molar-refractivity contribution in [1.82, 2.24) is 0 Å². The number of benzene rings is 4.